The number of halogens is 1. The third-order valence-electron chi connectivity index (χ3n) is 3.48. The lowest BCUT2D eigenvalue weighted by molar-refractivity contribution is -0.145. The molecule has 5 nitrogen and oxygen atoms in total. The summed E-state index contributed by atoms with van der Waals surface area (Å²) in [6, 6.07) is 9.20. The maximum absolute atomic E-state index is 11.9. The van der Waals surface area contributed by atoms with Crippen LogP contribution < -0.4 is 10.6 Å². The molecule has 1 amide bonds. The molecule has 1 heterocycles. The molecule has 122 valence electrons. The van der Waals surface area contributed by atoms with E-state index in [9.17, 15) is 9.59 Å². The third kappa shape index (κ3) is 6.03. The van der Waals surface area contributed by atoms with Gasteiger partial charge in [-0.2, -0.15) is 0 Å². The smallest absolute Gasteiger partial charge is 0.308 e. The average Bonchev–Trinajstić information content (AvgIpc) is 3.00. The van der Waals surface area contributed by atoms with Crippen molar-refractivity contribution in [2.75, 3.05) is 6.54 Å². The van der Waals surface area contributed by atoms with Gasteiger partial charge in [0.25, 0.3) is 0 Å². The first-order valence-electron chi connectivity index (χ1n) is 7.38. The average molecular weight is 327 g/mol. The number of hydrogen-bond donors (Lipinski definition) is 2. The lowest BCUT2D eigenvalue weighted by atomic mass is 10.2. The molecular formula is C16H23ClN2O3. The van der Waals surface area contributed by atoms with E-state index in [4.69, 9.17) is 4.74 Å². The van der Waals surface area contributed by atoms with Crippen molar-refractivity contribution in [3.8, 4) is 0 Å². The summed E-state index contributed by atoms with van der Waals surface area (Å²) in [5, 5.41) is 5.98. The van der Waals surface area contributed by atoms with Gasteiger partial charge in [0, 0.05) is 6.04 Å². The lowest BCUT2D eigenvalue weighted by Gasteiger charge is -2.16. The van der Waals surface area contributed by atoms with Crippen LogP contribution in [0.25, 0.3) is 0 Å². The predicted octanol–water partition coefficient (Wildman–Crippen LogP) is 1.80. The van der Waals surface area contributed by atoms with Gasteiger partial charge < -0.3 is 15.4 Å². The van der Waals surface area contributed by atoms with Crippen LogP contribution in [-0.4, -0.2) is 30.5 Å². The Labute approximate surface area is 137 Å². The highest BCUT2D eigenvalue weighted by atomic mass is 35.5. The summed E-state index contributed by atoms with van der Waals surface area (Å²) in [6.45, 7) is 2.97. The number of esters is 1. The van der Waals surface area contributed by atoms with Gasteiger partial charge in [0.15, 0.2) is 0 Å². The summed E-state index contributed by atoms with van der Waals surface area (Å²) >= 11 is 0. The minimum Gasteiger partial charge on any atom is -0.461 e. The fourth-order valence-electron chi connectivity index (χ4n) is 2.35. The number of rotatable bonds is 6. The molecule has 6 heteroatoms. The molecule has 2 N–H and O–H groups in total. The minimum absolute atomic E-state index is 0. The molecule has 1 aromatic carbocycles. The van der Waals surface area contributed by atoms with E-state index in [1.54, 1.807) is 0 Å². The Balaban J connectivity index is 0.00000242. The summed E-state index contributed by atoms with van der Waals surface area (Å²) in [4.78, 5) is 23.6. The van der Waals surface area contributed by atoms with E-state index in [0.717, 1.165) is 24.9 Å². The molecule has 1 fully saturated rings. The van der Waals surface area contributed by atoms with E-state index < -0.39 is 0 Å². The first kappa shape index (κ1) is 18.5. The van der Waals surface area contributed by atoms with Crippen LogP contribution >= 0.6 is 12.4 Å². The second-order valence-corrected chi connectivity index (χ2v) is 5.41. The number of carbonyl (C=O) groups excluding carboxylic acids is 2. The van der Waals surface area contributed by atoms with Gasteiger partial charge in [0.1, 0.15) is 6.61 Å². The van der Waals surface area contributed by atoms with Crippen molar-refractivity contribution in [1.82, 2.24) is 10.6 Å². The second kappa shape index (κ2) is 9.43. The molecular weight excluding hydrogens is 304 g/mol. The summed E-state index contributed by atoms with van der Waals surface area (Å²) < 4.78 is 5.20. The van der Waals surface area contributed by atoms with E-state index in [0.29, 0.717) is 0 Å². The molecule has 1 saturated heterocycles. The Kier molecular flexibility index (Phi) is 7.91. The number of ether oxygens (including phenoxy) is 1. The monoisotopic (exact) mass is 326 g/mol. The molecule has 0 bridgehead atoms. The fourth-order valence-corrected chi connectivity index (χ4v) is 2.35. The Morgan fingerprint density at radius 2 is 2.09 bits per heavy atom. The molecule has 1 aliphatic heterocycles. The maximum atomic E-state index is 11.9. The van der Waals surface area contributed by atoms with E-state index in [1.165, 1.54) is 0 Å². The Morgan fingerprint density at radius 1 is 1.36 bits per heavy atom. The molecule has 22 heavy (non-hydrogen) atoms. The Bertz CT molecular complexity index is 476. The molecule has 2 atom stereocenters. The van der Waals surface area contributed by atoms with Gasteiger partial charge in [-0.25, -0.2) is 0 Å². The van der Waals surface area contributed by atoms with Crippen molar-refractivity contribution in [2.45, 2.75) is 44.9 Å². The summed E-state index contributed by atoms with van der Waals surface area (Å²) in [7, 11) is 0. The van der Waals surface area contributed by atoms with Crippen molar-refractivity contribution >= 4 is 24.3 Å². The van der Waals surface area contributed by atoms with Crippen LogP contribution in [0.3, 0.4) is 0 Å². The molecule has 0 radical (unpaired) electrons. The van der Waals surface area contributed by atoms with E-state index in [2.05, 4.69) is 10.6 Å². The molecule has 0 saturated carbocycles. The van der Waals surface area contributed by atoms with Gasteiger partial charge in [0.05, 0.1) is 12.5 Å². The van der Waals surface area contributed by atoms with Gasteiger partial charge in [-0.1, -0.05) is 30.3 Å². The van der Waals surface area contributed by atoms with Gasteiger partial charge >= 0.3 is 5.97 Å². The molecule has 0 aliphatic carbocycles. The largest absolute Gasteiger partial charge is 0.461 e. The van der Waals surface area contributed by atoms with Gasteiger partial charge in [0.2, 0.25) is 5.91 Å². The van der Waals surface area contributed by atoms with Gasteiger partial charge in [-0.3, -0.25) is 9.59 Å². The topological polar surface area (TPSA) is 67.4 Å². The number of benzene rings is 1. The SMILES string of the molecule is CC(CC(=O)OCc1ccccc1)NC(=O)[C@@H]1CCCN1.Cl. The number of hydrogen-bond acceptors (Lipinski definition) is 4. The predicted molar refractivity (Wildman–Crippen MR) is 86.7 cm³/mol. The zero-order chi connectivity index (χ0) is 15.1. The van der Waals surface area contributed by atoms with Crippen molar-refractivity contribution in [1.29, 1.82) is 0 Å². The van der Waals surface area contributed by atoms with E-state index in [1.807, 2.05) is 37.3 Å². The summed E-state index contributed by atoms with van der Waals surface area (Å²) in [5.41, 5.74) is 0.956. The van der Waals surface area contributed by atoms with Crippen LogP contribution in [0.5, 0.6) is 0 Å². The van der Waals surface area contributed by atoms with Crippen LogP contribution in [-0.2, 0) is 20.9 Å². The van der Waals surface area contributed by atoms with Gasteiger partial charge in [-0.05, 0) is 31.9 Å². The lowest BCUT2D eigenvalue weighted by Crippen LogP contribution is -2.44. The van der Waals surface area contributed by atoms with Crippen LogP contribution in [0.2, 0.25) is 0 Å². The highest BCUT2D eigenvalue weighted by molar-refractivity contribution is 5.85. The third-order valence-corrected chi connectivity index (χ3v) is 3.48. The van der Waals surface area contributed by atoms with Crippen molar-refractivity contribution in [3.05, 3.63) is 35.9 Å². The van der Waals surface area contributed by atoms with E-state index >= 15 is 0 Å². The highest BCUT2D eigenvalue weighted by Crippen LogP contribution is 2.06. The zero-order valence-electron chi connectivity index (χ0n) is 12.7. The molecule has 2 rings (SSSR count). The first-order chi connectivity index (χ1) is 10.1. The van der Waals surface area contributed by atoms with Gasteiger partial charge in [-0.15, -0.1) is 12.4 Å². The van der Waals surface area contributed by atoms with Crippen LogP contribution in [0, 0.1) is 0 Å². The van der Waals surface area contributed by atoms with Crippen LogP contribution in [0.4, 0.5) is 0 Å². The summed E-state index contributed by atoms with van der Waals surface area (Å²) in [6.07, 6.45) is 2.06. The molecule has 1 aliphatic rings. The minimum atomic E-state index is -0.300. The normalized spacial score (nSPS) is 18.1. The Morgan fingerprint density at radius 3 is 2.73 bits per heavy atom. The van der Waals surface area contributed by atoms with Crippen molar-refractivity contribution in [2.24, 2.45) is 0 Å². The van der Waals surface area contributed by atoms with Crippen LogP contribution in [0.15, 0.2) is 30.3 Å². The fraction of sp³-hybridized carbons (Fsp3) is 0.500. The zero-order valence-corrected chi connectivity index (χ0v) is 13.5. The quantitative estimate of drug-likeness (QED) is 0.782. The number of nitrogens with one attached hydrogen (secondary N) is 2. The molecule has 0 aromatic heterocycles. The molecule has 1 aromatic rings. The number of amides is 1. The maximum Gasteiger partial charge on any atom is 0.308 e. The molecule has 1 unspecified atom stereocenters. The van der Waals surface area contributed by atoms with Crippen LogP contribution in [0.1, 0.15) is 31.7 Å². The van der Waals surface area contributed by atoms with E-state index in [-0.39, 0.29) is 49.4 Å². The standard InChI is InChI=1S/C16H22N2O3.ClH/c1-12(18-16(20)14-8-5-9-17-14)10-15(19)21-11-13-6-3-2-4-7-13;/h2-4,6-7,12,14,17H,5,8-11H2,1H3,(H,18,20);1H/t12?,14-;/m0./s1. The van der Waals surface area contributed by atoms with Crippen molar-refractivity contribution in [3.63, 3.8) is 0 Å². The molecule has 0 spiro atoms. The first-order valence-corrected chi connectivity index (χ1v) is 7.38. The Hall–Kier alpha value is -1.59. The second-order valence-electron chi connectivity index (χ2n) is 5.41. The summed E-state index contributed by atoms with van der Waals surface area (Å²) in [5.74, 6) is -0.332. The van der Waals surface area contributed by atoms with Crippen molar-refractivity contribution < 1.29 is 14.3 Å². The highest BCUT2D eigenvalue weighted by Gasteiger charge is 2.23. The number of carbonyl (C=O) groups is 2.